The van der Waals surface area contributed by atoms with E-state index in [0.29, 0.717) is 29.3 Å². The van der Waals surface area contributed by atoms with Gasteiger partial charge < -0.3 is 14.8 Å². The highest BCUT2D eigenvalue weighted by molar-refractivity contribution is 5.88. The average molecular weight is 347 g/mol. The summed E-state index contributed by atoms with van der Waals surface area (Å²) < 4.78 is 5.28. The minimum Gasteiger partial charge on any atom is -0.504 e. The Balaban J connectivity index is 1.64. The smallest absolute Gasteiger partial charge is 0.183 e. The van der Waals surface area contributed by atoms with E-state index in [9.17, 15) is 5.11 Å². The van der Waals surface area contributed by atoms with Crippen LogP contribution in [0.4, 0.5) is 0 Å². The van der Waals surface area contributed by atoms with Crippen molar-refractivity contribution in [1.29, 1.82) is 0 Å². The van der Waals surface area contributed by atoms with Gasteiger partial charge in [0.1, 0.15) is 17.1 Å². The van der Waals surface area contributed by atoms with Crippen molar-refractivity contribution in [3.8, 4) is 23.0 Å². The van der Waals surface area contributed by atoms with Gasteiger partial charge in [0.05, 0.1) is 7.11 Å². The fourth-order valence-electron chi connectivity index (χ4n) is 2.93. The van der Waals surface area contributed by atoms with E-state index >= 15 is 0 Å². The molecular formula is C19H17N5O2. The molecule has 7 heteroatoms. The molecule has 0 aliphatic heterocycles. The van der Waals surface area contributed by atoms with Crippen LogP contribution in [0.5, 0.6) is 11.5 Å². The van der Waals surface area contributed by atoms with Crippen molar-refractivity contribution in [3.63, 3.8) is 0 Å². The van der Waals surface area contributed by atoms with E-state index in [4.69, 9.17) is 4.74 Å². The lowest BCUT2D eigenvalue weighted by Gasteiger charge is -2.06. The van der Waals surface area contributed by atoms with E-state index in [1.165, 1.54) is 0 Å². The summed E-state index contributed by atoms with van der Waals surface area (Å²) in [5.74, 6) is 1.94. The second-order valence-corrected chi connectivity index (χ2v) is 6.00. The third-order valence-electron chi connectivity index (χ3n) is 4.21. The van der Waals surface area contributed by atoms with Gasteiger partial charge in [0.2, 0.25) is 0 Å². The van der Waals surface area contributed by atoms with Gasteiger partial charge in [-0.1, -0.05) is 12.1 Å². The van der Waals surface area contributed by atoms with Gasteiger partial charge in [0, 0.05) is 24.2 Å². The molecule has 4 rings (SSSR count). The first-order valence-corrected chi connectivity index (χ1v) is 8.14. The normalized spacial score (nSPS) is 11.0. The Bertz CT molecular complexity index is 1090. The summed E-state index contributed by atoms with van der Waals surface area (Å²) in [7, 11) is 1.66. The number of benzene rings is 1. The van der Waals surface area contributed by atoms with Gasteiger partial charge in [-0.15, -0.1) is 10.2 Å². The number of ether oxygens (including phenoxy) is 1. The van der Waals surface area contributed by atoms with E-state index in [0.717, 1.165) is 22.3 Å². The fraction of sp³-hybridized carbons (Fsp3) is 0.158. The molecule has 7 nitrogen and oxygen atoms in total. The number of H-pyrrole nitrogens is 1. The Kier molecular flexibility index (Phi) is 3.96. The maximum atomic E-state index is 10.5. The largest absolute Gasteiger partial charge is 0.504 e. The maximum Gasteiger partial charge on any atom is 0.183 e. The van der Waals surface area contributed by atoms with Gasteiger partial charge in [-0.3, -0.25) is 4.98 Å². The van der Waals surface area contributed by atoms with Crippen LogP contribution in [0, 0.1) is 6.92 Å². The summed E-state index contributed by atoms with van der Waals surface area (Å²) in [5, 5.41) is 19.5. The van der Waals surface area contributed by atoms with Crippen LogP contribution < -0.4 is 4.74 Å². The number of aromatic amines is 1. The van der Waals surface area contributed by atoms with Crippen LogP contribution in [0.2, 0.25) is 0 Å². The molecule has 0 unspecified atom stereocenters. The number of aromatic hydroxyl groups is 1. The fourth-order valence-corrected chi connectivity index (χ4v) is 2.93. The van der Waals surface area contributed by atoms with Crippen molar-refractivity contribution in [2.75, 3.05) is 7.11 Å². The molecule has 0 saturated carbocycles. The summed E-state index contributed by atoms with van der Waals surface area (Å²) in [5.41, 5.74) is 2.97. The van der Waals surface area contributed by atoms with Crippen LogP contribution in [-0.4, -0.2) is 37.4 Å². The van der Waals surface area contributed by atoms with Crippen LogP contribution >= 0.6 is 0 Å². The van der Waals surface area contributed by atoms with E-state index in [1.807, 2.05) is 25.1 Å². The monoisotopic (exact) mass is 347 g/mol. The van der Waals surface area contributed by atoms with Crippen LogP contribution in [-0.2, 0) is 6.42 Å². The van der Waals surface area contributed by atoms with Crippen LogP contribution in [0.15, 0.2) is 42.7 Å². The average Bonchev–Trinajstić information content (AvgIpc) is 3.10. The minimum atomic E-state index is -0.00825. The van der Waals surface area contributed by atoms with Crippen molar-refractivity contribution in [3.05, 3.63) is 59.7 Å². The third-order valence-corrected chi connectivity index (χ3v) is 4.21. The standard InChI is InChI=1S/C19H17N5O2/c1-11-8-12(5-6-14(11)26-2)9-15-22-19(24-23-15)17-18(25)16-13(10-21-17)4-3-7-20-16/h3-8,10,25H,9H2,1-2H3,(H,22,23,24). The molecule has 0 bridgehead atoms. The Morgan fingerprint density at radius 3 is 2.85 bits per heavy atom. The molecule has 2 N–H and O–H groups in total. The van der Waals surface area contributed by atoms with Crippen molar-refractivity contribution in [2.24, 2.45) is 0 Å². The molecule has 0 amide bonds. The lowest BCUT2D eigenvalue weighted by Crippen LogP contribution is -1.94. The van der Waals surface area contributed by atoms with Crippen molar-refractivity contribution in [2.45, 2.75) is 13.3 Å². The molecule has 0 saturated heterocycles. The number of nitrogens with one attached hydrogen (secondary N) is 1. The molecule has 0 radical (unpaired) electrons. The second-order valence-electron chi connectivity index (χ2n) is 6.00. The summed E-state index contributed by atoms with van der Waals surface area (Å²) >= 11 is 0. The molecule has 4 aromatic rings. The molecule has 3 aromatic heterocycles. The molecule has 130 valence electrons. The van der Waals surface area contributed by atoms with E-state index in [2.05, 4.69) is 31.2 Å². The molecule has 1 aromatic carbocycles. The van der Waals surface area contributed by atoms with Gasteiger partial charge >= 0.3 is 0 Å². The molecule has 0 atom stereocenters. The summed E-state index contributed by atoms with van der Waals surface area (Å²) in [6, 6.07) is 9.62. The minimum absolute atomic E-state index is 0.00825. The number of hydrogen-bond acceptors (Lipinski definition) is 6. The number of methoxy groups -OCH3 is 1. The number of aromatic nitrogens is 5. The summed E-state index contributed by atoms with van der Waals surface area (Å²) in [6.45, 7) is 2.00. The number of aryl methyl sites for hydroxylation is 1. The highest BCUT2D eigenvalue weighted by atomic mass is 16.5. The van der Waals surface area contributed by atoms with Gasteiger partial charge in [-0.05, 0) is 36.2 Å². The van der Waals surface area contributed by atoms with E-state index in [1.54, 1.807) is 25.6 Å². The predicted molar refractivity (Wildman–Crippen MR) is 97.1 cm³/mol. The SMILES string of the molecule is COc1ccc(Cc2nnc(-c3ncc4cccnc4c3O)[nH]2)cc1C. The Labute approximate surface area is 149 Å². The number of hydrogen-bond donors (Lipinski definition) is 2. The number of rotatable bonds is 4. The second kappa shape index (κ2) is 6.44. The molecule has 3 heterocycles. The Morgan fingerprint density at radius 1 is 1.15 bits per heavy atom. The van der Waals surface area contributed by atoms with Crippen LogP contribution in [0.3, 0.4) is 0 Å². The molecule has 0 aliphatic carbocycles. The summed E-state index contributed by atoms with van der Waals surface area (Å²) in [4.78, 5) is 11.6. The zero-order chi connectivity index (χ0) is 18.1. The van der Waals surface area contributed by atoms with Crippen LogP contribution in [0.1, 0.15) is 17.0 Å². The first kappa shape index (κ1) is 16.0. The quantitative estimate of drug-likeness (QED) is 0.589. The molecule has 0 spiro atoms. The van der Waals surface area contributed by atoms with E-state index < -0.39 is 0 Å². The van der Waals surface area contributed by atoms with Gasteiger partial charge in [0.15, 0.2) is 17.3 Å². The van der Waals surface area contributed by atoms with E-state index in [-0.39, 0.29) is 5.75 Å². The summed E-state index contributed by atoms with van der Waals surface area (Å²) in [6.07, 6.45) is 3.88. The number of pyridine rings is 2. The lowest BCUT2D eigenvalue weighted by molar-refractivity contribution is 0.411. The topological polar surface area (TPSA) is 96.8 Å². The first-order valence-electron chi connectivity index (χ1n) is 8.14. The van der Waals surface area contributed by atoms with Crippen LogP contribution in [0.25, 0.3) is 22.4 Å². The Morgan fingerprint density at radius 2 is 2.04 bits per heavy atom. The maximum absolute atomic E-state index is 10.5. The van der Waals surface area contributed by atoms with Gasteiger partial charge in [-0.2, -0.15) is 0 Å². The highest BCUT2D eigenvalue weighted by Gasteiger charge is 2.15. The predicted octanol–water partition coefficient (Wildman–Crippen LogP) is 3.03. The molecular weight excluding hydrogens is 330 g/mol. The molecule has 26 heavy (non-hydrogen) atoms. The Hall–Kier alpha value is -3.48. The van der Waals surface area contributed by atoms with Gasteiger partial charge in [-0.25, -0.2) is 4.98 Å². The molecule has 0 fully saturated rings. The highest BCUT2D eigenvalue weighted by Crippen LogP contribution is 2.30. The third kappa shape index (κ3) is 2.83. The van der Waals surface area contributed by atoms with Crippen molar-refractivity contribution in [1.82, 2.24) is 25.1 Å². The number of nitrogens with zero attached hydrogens (tertiary/aromatic N) is 4. The number of fused-ring (bicyclic) bond motifs is 1. The van der Waals surface area contributed by atoms with Crippen molar-refractivity contribution >= 4 is 10.9 Å². The zero-order valence-electron chi connectivity index (χ0n) is 14.4. The van der Waals surface area contributed by atoms with Gasteiger partial charge in [0.25, 0.3) is 0 Å². The van der Waals surface area contributed by atoms with Crippen molar-refractivity contribution < 1.29 is 9.84 Å². The lowest BCUT2D eigenvalue weighted by atomic mass is 10.1. The molecule has 0 aliphatic rings. The first-order chi connectivity index (χ1) is 12.7. The zero-order valence-corrected chi connectivity index (χ0v) is 14.4.